The summed E-state index contributed by atoms with van der Waals surface area (Å²) in [5.41, 5.74) is -0.409. The summed E-state index contributed by atoms with van der Waals surface area (Å²) in [7, 11) is 0. The van der Waals surface area contributed by atoms with Gasteiger partial charge in [-0.3, -0.25) is 4.79 Å². The first-order valence-electron chi connectivity index (χ1n) is 8.82. The Balaban J connectivity index is 1.57. The van der Waals surface area contributed by atoms with Gasteiger partial charge in [-0.2, -0.15) is 13.2 Å². The summed E-state index contributed by atoms with van der Waals surface area (Å²) in [5.74, 6) is 0.376. The number of nitrogens with one attached hydrogen (secondary N) is 1. The molecule has 3 aromatic rings. The van der Waals surface area contributed by atoms with E-state index in [0.717, 1.165) is 23.9 Å². The lowest BCUT2D eigenvalue weighted by Gasteiger charge is -2.09. The number of nitrogens with zero attached hydrogens (tertiary/aromatic N) is 1. The molecule has 164 valence electrons. The van der Waals surface area contributed by atoms with Gasteiger partial charge in [0.1, 0.15) is 11.5 Å². The molecule has 1 aliphatic heterocycles. The van der Waals surface area contributed by atoms with Gasteiger partial charge in [-0.1, -0.05) is 34.8 Å². The Hall–Kier alpha value is -2.39. The molecule has 0 aliphatic carbocycles. The number of halogens is 6. The molecule has 0 bridgehead atoms. The average molecular weight is 518 g/mol. The first-order chi connectivity index (χ1) is 15.1. The zero-order valence-corrected chi connectivity index (χ0v) is 18.7. The molecular formula is C21H10Cl3F3N2O2S. The lowest BCUT2D eigenvalue weighted by atomic mass is 10.2. The summed E-state index contributed by atoms with van der Waals surface area (Å²) >= 11 is 18.8. The van der Waals surface area contributed by atoms with Crippen LogP contribution in [0.25, 0.3) is 17.4 Å². The van der Waals surface area contributed by atoms with Gasteiger partial charge in [0.2, 0.25) is 0 Å². The number of furan rings is 1. The van der Waals surface area contributed by atoms with Crippen molar-refractivity contribution in [2.75, 3.05) is 0 Å². The second-order valence-corrected chi connectivity index (χ2v) is 8.75. The summed E-state index contributed by atoms with van der Waals surface area (Å²) < 4.78 is 44.9. The van der Waals surface area contributed by atoms with E-state index in [9.17, 15) is 18.0 Å². The average Bonchev–Trinajstić information content (AvgIpc) is 3.31. The summed E-state index contributed by atoms with van der Waals surface area (Å²) in [6, 6.07) is 11.5. The molecule has 2 heterocycles. The van der Waals surface area contributed by atoms with Gasteiger partial charge in [-0.15, -0.1) is 0 Å². The number of hydrogen-bond donors (Lipinski definition) is 1. The Kier molecular flexibility index (Phi) is 6.31. The molecule has 1 aliphatic rings. The lowest BCUT2D eigenvalue weighted by Crippen LogP contribution is -2.19. The molecule has 32 heavy (non-hydrogen) atoms. The van der Waals surface area contributed by atoms with Crippen molar-refractivity contribution in [2.24, 2.45) is 4.99 Å². The highest BCUT2D eigenvalue weighted by Gasteiger charge is 2.33. The second kappa shape index (κ2) is 8.86. The number of carbonyl (C=O) groups excluding carboxylic acids is 1. The topological polar surface area (TPSA) is 54.6 Å². The number of hydrogen-bond acceptors (Lipinski definition) is 4. The fourth-order valence-corrected chi connectivity index (χ4v) is 4.22. The van der Waals surface area contributed by atoms with Crippen LogP contribution in [0.4, 0.5) is 18.9 Å². The first kappa shape index (κ1) is 22.8. The van der Waals surface area contributed by atoms with Gasteiger partial charge in [0.15, 0.2) is 5.17 Å². The van der Waals surface area contributed by atoms with Crippen molar-refractivity contribution in [1.82, 2.24) is 5.32 Å². The van der Waals surface area contributed by atoms with E-state index in [1.165, 1.54) is 12.1 Å². The monoisotopic (exact) mass is 516 g/mol. The normalized spacial score (nSPS) is 16.8. The molecule has 4 nitrogen and oxygen atoms in total. The van der Waals surface area contributed by atoms with Crippen molar-refractivity contribution in [3.63, 3.8) is 0 Å². The lowest BCUT2D eigenvalue weighted by molar-refractivity contribution is -0.137. The summed E-state index contributed by atoms with van der Waals surface area (Å²) in [4.78, 5) is 16.6. The Labute approximate surface area is 199 Å². The Morgan fingerprint density at radius 1 is 1.00 bits per heavy atom. The minimum atomic E-state index is -4.62. The molecule has 0 spiro atoms. The largest absolute Gasteiger partial charge is 0.457 e. The Morgan fingerprint density at radius 2 is 1.75 bits per heavy atom. The fraction of sp³-hybridized carbons (Fsp3) is 0.0476. The SMILES string of the molecule is O=C1NC(=Nc2ccc(Cl)c(C(F)(F)F)c2)S/C1=C/c1ccc(-c2cc(Cl)ccc2Cl)o1. The number of thioether (sulfide) groups is 1. The molecule has 1 amide bonds. The third-order valence-corrected chi connectivity index (χ3v) is 6.04. The van der Waals surface area contributed by atoms with Crippen LogP contribution in [0.2, 0.25) is 15.1 Å². The maximum atomic E-state index is 13.0. The van der Waals surface area contributed by atoms with Crippen LogP contribution in [0.15, 0.2) is 62.8 Å². The van der Waals surface area contributed by atoms with Crippen LogP contribution < -0.4 is 5.32 Å². The van der Waals surface area contributed by atoms with E-state index in [2.05, 4.69) is 10.3 Å². The molecule has 4 rings (SSSR count). The smallest absolute Gasteiger partial charge is 0.417 e. The minimum Gasteiger partial charge on any atom is -0.457 e. The molecule has 11 heteroatoms. The van der Waals surface area contributed by atoms with Crippen LogP contribution >= 0.6 is 46.6 Å². The molecule has 0 radical (unpaired) electrons. The van der Waals surface area contributed by atoms with Crippen molar-refractivity contribution < 1.29 is 22.4 Å². The molecule has 1 aromatic heterocycles. The van der Waals surface area contributed by atoms with Crippen molar-refractivity contribution in [3.05, 3.63) is 79.8 Å². The van der Waals surface area contributed by atoms with Crippen LogP contribution in [0.5, 0.6) is 0 Å². The maximum absolute atomic E-state index is 13.0. The second-order valence-electron chi connectivity index (χ2n) is 6.47. The first-order valence-corrected chi connectivity index (χ1v) is 10.8. The highest BCUT2D eigenvalue weighted by atomic mass is 35.5. The van der Waals surface area contributed by atoms with Crippen molar-refractivity contribution in [3.8, 4) is 11.3 Å². The highest BCUT2D eigenvalue weighted by molar-refractivity contribution is 8.18. The molecule has 1 saturated heterocycles. The van der Waals surface area contributed by atoms with E-state index in [0.29, 0.717) is 27.1 Å². The third-order valence-electron chi connectivity index (χ3n) is 4.23. The van der Waals surface area contributed by atoms with Crippen LogP contribution in [-0.2, 0) is 11.0 Å². The Morgan fingerprint density at radius 3 is 2.50 bits per heavy atom. The van der Waals surface area contributed by atoms with Gasteiger partial charge < -0.3 is 9.73 Å². The van der Waals surface area contributed by atoms with Crippen molar-refractivity contribution in [1.29, 1.82) is 0 Å². The zero-order chi connectivity index (χ0) is 23.0. The number of alkyl halides is 3. The van der Waals surface area contributed by atoms with Crippen LogP contribution in [0.3, 0.4) is 0 Å². The number of carbonyl (C=O) groups is 1. The fourth-order valence-electron chi connectivity index (χ4n) is 2.79. The Bertz CT molecular complexity index is 1290. The zero-order valence-electron chi connectivity index (χ0n) is 15.6. The van der Waals surface area contributed by atoms with Crippen LogP contribution in [0, 0.1) is 0 Å². The van der Waals surface area contributed by atoms with E-state index < -0.39 is 22.7 Å². The van der Waals surface area contributed by atoms with Gasteiger partial charge in [-0.05, 0) is 60.3 Å². The number of aliphatic imine (C=N–C) groups is 1. The van der Waals surface area contributed by atoms with Crippen molar-refractivity contribution in [2.45, 2.75) is 6.18 Å². The standard InChI is InChI=1S/C21H10Cl3F3N2O2S/c22-10-1-4-15(23)13(7-10)17-6-3-12(31-17)9-18-19(30)29-20(32-18)28-11-2-5-16(24)14(8-11)21(25,26)27/h1-9H,(H,28,29,30)/b18-9+. The predicted molar refractivity (Wildman–Crippen MR) is 121 cm³/mol. The number of rotatable bonds is 3. The quantitative estimate of drug-likeness (QED) is 0.360. The van der Waals surface area contributed by atoms with Gasteiger partial charge in [-0.25, -0.2) is 4.99 Å². The molecule has 0 atom stereocenters. The van der Waals surface area contributed by atoms with E-state index in [-0.39, 0.29) is 15.8 Å². The number of benzene rings is 2. The highest BCUT2D eigenvalue weighted by Crippen LogP contribution is 2.38. The van der Waals surface area contributed by atoms with E-state index in [1.807, 2.05) is 0 Å². The van der Waals surface area contributed by atoms with Crippen molar-refractivity contribution >= 4 is 69.4 Å². The number of amides is 1. The third kappa shape index (κ3) is 4.99. The summed E-state index contributed by atoms with van der Waals surface area (Å²) in [5, 5.41) is 3.15. The predicted octanol–water partition coefficient (Wildman–Crippen LogP) is 7.82. The summed E-state index contributed by atoms with van der Waals surface area (Å²) in [6.45, 7) is 0. The molecule has 0 saturated carbocycles. The number of amidine groups is 1. The molecular weight excluding hydrogens is 508 g/mol. The minimum absolute atomic E-state index is 0.00154. The molecule has 1 N–H and O–H groups in total. The maximum Gasteiger partial charge on any atom is 0.417 e. The van der Waals surface area contributed by atoms with E-state index in [4.69, 9.17) is 39.2 Å². The van der Waals surface area contributed by atoms with E-state index >= 15 is 0 Å². The molecule has 1 fully saturated rings. The van der Waals surface area contributed by atoms with E-state index in [1.54, 1.807) is 30.3 Å². The van der Waals surface area contributed by atoms with Crippen LogP contribution in [-0.4, -0.2) is 11.1 Å². The van der Waals surface area contributed by atoms with Gasteiger partial charge in [0.05, 0.1) is 26.2 Å². The van der Waals surface area contributed by atoms with Gasteiger partial charge >= 0.3 is 6.18 Å². The summed E-state index contributed by atoms with van der Waals surface area (Å²) in [6.07, 6.45) is -3.12. The van der Waals surface area contributed by atoms with Crippen LogP contribution in [0.1, 0.15) is 11.3 Å². The molecule has 2 aromatic carbocycles. The molecule has 0 unspecified atom stereocenters. The van der Waals surface area contributed by atoms with Gasteiger partial charge in [0, 0.05) is 16.7 Å². The van der Waals surface area contributed by atoms with Gasteiger partial charge in [0.25, 0.3) is 5.91 Å².